The van der Waals surface area contributed by atoms with Gasteiger partial charge in [0.05, 0.1) is 18.4 Å². The molecule has 0 bridgehead atoms. The number of esters is 1. The molecule has 1 aromatic rings. The quantitative estimate of drug-likeness (QED) is 0.551. The van der Waals surface area contributed by atoms with Crippen LogP contribution in [-0.2, 0) is 20.5 Å². The molecule has 2 rings (SSSR count). The van der Waals surface area contributed by atoms with Gasteiger partial charge in [0.25, 0.3) is 0 Å². The molecule has 1 N–H and O–H groups in total. The van der Waals surface area contributed by atoms with E-state index in [2.05, 4.69) is 28.2 Å². The Labute approximate surface area is 157 Å². The molecular formula is C19H30N2O4S. The molecule has 1 fully saturated rings. The van der Waals surface area contributed by atoms with Crippen LogP contribution in [0.25, 0.3) is 0 Å². The zero-order valence-corrected chi connectivity index (χ0v) is 16.7. The predicted octanol–water partition coefficient (Wildman–Crippen LogP) is 2.26. The van der Waals surface area contributed by atoms with E-state index in [0.29, 0.717) is 29.5 Å². The molecule has 0 aromatic heterocycles. The topological polar surface area (TPSA) is 75.7 Å². The predicted molar refractivity (Wildman–Crippen MR) is 102 cm³/mol. The van der Waals surface area contributed by atoms with Crippen molar-refractivity contribution in [1.82, 2.24) is 9.62 Å². The highest BCUT2D eigenvalue weighted by atomic mass is 32.2. The summed E-state index contributed by atoms with van der Waals surface area (Å²) in [5.41, 5.74) is 1.05. The van der Waals surface area contributed by atoms with Gasteiger partial charge < -0.3 is 9.64 Å². The van der Waals surface area contributed by atoms with Crippen molar-refractivity contribution in [1.29, 1.82) is 0 Å². The highest BCUT2D eigenvalue weighted by molar-refractivity contribution is 7.88. The standard InChI is InChI=1S/C19H30N2O4S/c1-15-11-16(2)13-21(12-15)10-4-9-20-26(23,24)14-17-5-7-18(8-6-17)19(22)25-3/h5-8,15-16,20H,4,9-14H2,1-3H3. The molecule has 0 radical (unpaired) electrons. The van der Waals surface area contributed by atoms with E-state index >= 15 is 0 Å². The summed E-state index contributed by atoms with van der Waals surface area (Å²) in [5, 5.41) is 0. The fourth-order valence-corrected chi connectivity index (χ4v) is 4.82. The van der Waals surface area contributed by atoms with Gasteiger partial charge in [0.1, 0.15) is 0 Å². The summed E-state index contributed by atoms with van der Waals surface area (Å²) in [6, 6.07) is 6.44. The van der Waals surface area contributed by atoms with Crippen molar-refractivity contribution < 1.29 is 17.9 Å². The molecule has 0 saturated carbocycles. The molecule has 1 aromatic carbocycles. The molecule has 6 nitrogen and oxygen atoms in total. The number of benzene rings is 1. The van der Waals surface area contributed by atoms with E-state index in [1.165, 1.54) is 13.5 Å². The van der Waals surface area contributed by atoms with Gasteiger partial charge in [-0.2, -0.15) is 0 Å². The van der Waals surface area contributed by atoms with Crippen molar-refractivity contribution in [3.8, 4) is 0 Å². The van der Waals surface area contributed by atoms with E-state index in [1.807, 2.05) is 0 Å². The summed E-state index contributed by atoms with van der Waals surface area (Å²) in [7, 11) is -2.07. The van der Waals surface area contributed by atoms with Gasteiger partial charge in [-0.05, 0) is 48.9 Å². The summed E-state index contributed by atoms with van der Waals surface area (Å²) in [5.74, 6) is 0.900. The van der Waals surface area contributed by atoms with E-state index in [1.54, 1.807) is 24.3 Å². The Kier molecular flexibility index (Phi) is 7.61. The van der Waals surface area contributed by atoms with E-state index < -0.39 is 16.0 Å². The van der Waals surface area contributed by atoms with Crippen molar-refractivity contribution >= 4 is 16.0 Å². The Bertz CT molecular complexity index is 678. The number of rotatable bonds is 8. The van der Waals surface area contributed by atoms with E-state index in [9.17, 15) is 13.2 Å². The van der Waals surface area contributed by atoms with Crippen molar-refractivity contribution in [2.75, 3.05) is 33.3 Å². The highest BCUT2D eigenvalue weighted by Gasteiger charge is 2.21. The average Bonchev–Trinajstić information content (AvgIpc) is 2.57. The number of sulfonamides is 1. The Balaban J connectivity index is 1.75. The van der Waals surface area contributed by atoms with Crippen LogP contribution < -0.4 is 4.72 Å². The van der Waals surface area contributed by atoms with Crippen LogP contribution in [0, 0.1) is 11.8 Å². The summed E-state index contributed by atoms with van der Waals surface area (Å²) < 4.78 is 31.7. The Morgan fingerprint density at radius 1 is 1.19 bits per heavy atom. The van der Waals surface area contributed by atoms with Crippen molar-refractivity contribution in [2.45, 2.75) is 32.4 Å². The third kappa shape index (κ3) is 6.70. The summed E-state index contributed by atoms with van der Waals surface area (Å²) >= 11 is 0. The molecule has 26 heavy (non-hydrogen) atoms. The first-order chi connectivity index (χ1) is 12.3. The van der Waals surface area contributed by atoms with Gasteiger partial charge in [-0.25, -0.2) is 17.9 Å². The summed E-state index contributed by atoms with van der Waals surface area (Å²) in [6.07, 6.45) is 2.08. The molecule has 7 heteroatoms. The lowest BCUT2D eigenvalue weighted by molar-refractivity contribution is 0.0600. The maximum atomic E-state index is 12.2. The fraction of sp³-hybridized carbons (Fsp3) is 0.632. The average molecular weight is 383 g/mol. The smallest absolute Gasteiger partial charge is 0.337 e. The monoisotopic (exact) mass is 382 g/mol. The molecule has 1 heterocycles. The maximum absolute atomic E-state index is 12.2. The second kappa shape index (κ2) is 9.48. The molecular weight excluding hydrogens is 352 g/mol. The van der Waals surface area contributed by atoms with Gasteiger partial charge in [0, 0.05) is 19.6 Å². The number of likely N-dealkylation sites (tertiary alicyclic amines) is 1. The first-order valence-corrected chi connectivity index (χ1v) is 10.8. The van der Waals surface area contributed by atoms with Gasteiger partial charge >= 0.3 is 5.97 Å². The number of nitrogens with zero attached hydrogens (tertiary/aromatic N) is 1. The van der Waals surface area contributed by atoms with Gasteiger partial charge in [-0.1, -0.05) is 26.0 Å². The lowest BCUT2D eigenvalue weighted by atomic mass is 9.92. The Morgan fingerprint density at radius 3 is 2.38 bits per heavy atom. The van der Waals surface area contributed by atoms with E-state index in [4.69, 9.17) is 0 Å². The van der Waals surface area contributed by atoms with Crippen LogP contribution in [0.4, 0.5) is 0 Å². The number of ether oxygens (including phenoxy) is 1. The normalized spacial score (nSPS) is 21.5. The highest BCUT2D eigenvalue weighted by Crippen LogP contribution is 2.20. The minimum atomic E-state index is -3.38. The van der Waals surface area contributed by atoms with Crippen LogP contribution in [0.15, 0.2) is 24.3 Å². The summed E-state index contributed by atoms with van der Waals surface area (Å²) in [4.78, 5) is 13.8. The fourth-order valence-electron chi connectivity index (χ4n) is 3.63. The molecule has 0 aliphatic carbocycles. The maximum Gasteiger partial charge on any atom is 0.337 e. The van der Waals surface area contributed by atoms with Gasteiger partial charge in [-0.3, -0.25) is 0 Å². The first-order valence-electron chi connectivity index (χ1n) is 9.16. The number of carbonyl (C=O) groups excluding carboxylic acids is 1. The van der Waals surface area contributed by atoms with Gasteiger partial charge in [0.15, 0.2) is 0 Å². The van der Waals surface area contributed by atoms with Crippen LogP contribution in [0.2, 0.25) is 0 Å². The van der Waals surface area contributed by atoms with Crippen molar-refractivity contribution in [2.24, 2.45) is 11.8 Å². The lowest BCUT2D eigenvalue weighted by Gasteiger charge is -2.34. The SMILES string of the molecule is COC(=O)c1ccc(CS(=O)(=O)NCCCN2CC(C)CC(C)C2)cc1. The Hall–Kier alpha value is -1.44. The molecule has 2 unspecified atom stereocenters. The van der Waals surface area contributed by atoms with E-state index in [-0.39, 0.29) is 5.75 Å². The number of methoxy groups -OCH3 is 1. The van der Waals surface area contributed by atoms with E-state index in [0.717, 1.165) is 26.1 Å². The van der Waals surface area contributed by atoms with Crippen molar-refractivity contribution in [3.05, 3.63) is 35.4 Å². The third-order valence-corrected chi connectivity index (χ3v) is 6.01. The lowest BCUT2D eigenvalue weighted by Crippen LogP contribution is -2.40. The largest absolute Gasteiger partial charge is 0.465 e. The number of piperidine rings is 1. The zero-order valence-electron chi connectivity index (χ0n) is 15.9. The van der Waals surface area contributed by atoms with Crippen LogP contribution in [-0.4, -0.2) is 52.6 Å². The molecule has 1 aliphatic heterocycles. The molecule has 2 atom stereocenters. The minimum absolute atomic E-state index is 0.0910. The molecule has 0 spiro atoms. The molecule has 1 aliphatic rings. The van der Waals surface area contributed by atoms with Gasteiger partial charge in [-0.15, -0.1) is 0 Å². The second-order valence-corrected chi connectivity index (χ2v) is 9.21. The number of carbonyl (C=O) groups is 1. The zero-order chi connectivity index (χ0) is 19.2. The van der Waals surface area contributed by atoms with Crippen LogP contribution in [0.5, 0.6) is 0 Å². The number of hydrogen-bond acceptors (Lipinski definition) is 5. The number of nitrogens with one attached hydrogen (secondary N) is 1. The first kappa shape index (κ1) is 20.9. The third-order valence-electron chi connectivity index (χ3n) is 4.65. The minimum Gasteiger partial charge on any atom is -0.465 e. The second-order valence-electron chi connectivity index (χ2n) is 7.40. The summed E-state index contributed by atoms with van der Waals surface area (Å²) in [6.45, 7) is 8.12. The van der Waals surface area contributed by atoms with Gasteiger partial charge in [0.2, 0.25) is 10.0 Å². The Morgan fingerprint density at radius 2 is 1.81 bits per heavy atom. The molecule has 146 valence electrons. The van der Waals surface area contributed by atoms with Crippen LogP contribution in [0.1, 0.15) is 42.6 Å². The van der Waals surface area contributed by atoms with Crippen molar-refractivity contribution in [3.63, 3.8) is 0 Å². The number of hydrogen-bond donors (Lipinski definition) is 1. The molecule has 0 amide bonds. The molecule has 1 saturated heterocycles. The van der Waals surface area contributed by atoms with Crippen LogP contribution >= 0.6 is 0 Å². The van der Waals surface area contributed by atoms with Crippen LogP contribution in [0.3, 0.4) is 0 Å².